The summed E-state index contributed by atoms with van der Waals surface area (Å²) in [6, 6.07) is 13.5. The quantitative estimate of drug-likeness (QED) is 0.890. The third-order valence-electron chi connectivity index (χ3n) is 4.78. The monoisotopic (exact) mass is 360 g/mol. The van der Waals surface area contributed by atoms with Gasteiger partial charge in [0.15, 0.2) is 9.84 Å². The minimum Gasteiger partial charge on any atom is -0.374 e. The number of likely N-dealkylation sites (N-methyl/N-ethyl adjacent to an activating group) is 1. The van der Waals surface area contributed by atoms with E-state index < -0.39 is 15.9 Å². The summed E-state index contributed by atoms with van der Waals surface area (Å²) in [6.45, 7) is 4.23. The highest BCUT2D eigenvalue weighted by atomic mass is 32.2. The van der Waals surface area contributed by atoms with Gasteiger partial charge in [0.05, 0.1) is 11.5 Å². The van der Waals surface area contributed by atoms with Crippen molar-refractivity contribution in [3.8, 4) is 0 Å². The maximum absolute atomic E-state index is 12.8. The van der Waals surface area contributed by atoms with Crippen LogP contribution in [0.25, 0.3) is 10.8 Å². The van der Waals surface area contributed by atoms with Crippen LogP contribution in [0.15, 0.2) is 42.5 Å². The van der Waals surface area contributed by atoms with Crippen LogP contribution in [0.1, 0.15) is 20.3 Å². The summed E-state index contributed by atoms with van der Waals surface area (Å²) in [7, 11) is -3.01. The van der Waals surface area contributed by atoms with E-state index in [0.29, 0.717) is 13.0 Å². The number of hydrogen-bond acceptors (Lipinski definition) is 4. The largest absolute Gasteiger partial charge is 0.374 e. The Balaban J connectivity index is 1.72. The van der Waals surface area contributed by atoms with Crippen LogP contribution < -0.4 is 5.32 Å². The molecule has 0 aromatic heterocycles. The molecule has 1 aliphatic rings. The first-order chi connectivity index (χ1) is 11.9. The highest BCUT2D eigenvalue weighted by Gasteiger charge is 2.35. The smallest absolute Gasteiger partial charge is 0.245 e. The molecule has 2 aromatic carbocycles. The molecule has 1 heterocycles. The van der Waals surface area contributed by atoms with Crippen LogP contribution in [-0.4, -0.2) is 49.4 Å². The van der Waals surface area contributed by atoms with Gasteiger partial charge in [0.1, 0.15) is 6.04 Å². The van der Waals surface area contributed by atoms with Crippen LogP contribution in [0.4, 0.5) is 5.69 Å². The fourth-order valence-corrected chi connectivity index (χ4v) is 5.19. The molecule has 5 nitrogen and oxygen atoms in total. The first-order valence-electron chi connectivity index (χ1n) is 8.66. The molecule has 2 atom stereocenters. The molecule has 0 saturated carbocycles. The number of nitrogens with zero attached hydrogens (tertiary/aromatic N) is 1. The molecule has 6 heteroatoms. The van der Waals surface area contributed by atoms with E-state index in [0.717, 1.165) is 16.5 Å². The molecular formula is C19H24N2O3S. The van der Waals surface area contributed by atoms with Crippen molar-refractivity contribution in [3.63, 3.8) is 0 Å². The van der Waals surface area contributed by atoms with Crippen LogP contribution in [0.2, 0.25) is 0 Å². The lowest BCUT2D eigenvalue weighted by atomic mass is 10.1. The van der Waals surface area contributed by atoms with Crippen molar-refractivity contribution in [1.29, 1.82) is 0 Å². The number of rotatable bonds is 5. The summed E-state index contributed by atoms with van der Waals surface area (Å²) in [5, 5.41) is 5.52. The first kappa shape index (κ1) is 17.7. The van der Waals surface area contributed by atoms with E-state index in [-0.39, 0.29) is 23.5 Å². The molecule has 2 aromatic rings. The fourth-order valence-electron chi connectivity index (χ4n) is 3.45. The maximum Gasteiger partial charge on any atom is 0.245 e. The number of carbonyl (C=O) groups is 1. The van der Waals surface area contributed by atoms with Gasteiger partial charge in [-0.15, -0.1) is 0 Å². The van der Waals surface area contributed by atoms with E-state index >= 15 is 0 Å². The molecule has 0 spiro atoms. The highest BCUT2D eigenvalue weighted by Crippen LogP contribution is 2.21. The van der Waals surface area contributed by atoms with Crippen molar-refractivity contribution >= 4 is 32.2 Å². The summed E-state index contributed by atoms with van der Waals surface area (Å²) < 4.78 is 23.4. The Morgan fingerprint density at radius 2 is 1.96 bits per heavy atom. The number of hydrogen-bond donors (Lipinski definition) is 1. The predicted octanol–water partition coefficient (Wildman–Crippen LogP) is 2.68. The van der Waals surface area contributed by atoms with Gasteiger partial charge < -0.3 is 10.2 Å². The van der Waals surface area contributed by atoms with Crippen molar-refractivity contribution in [3.05, 3.63) is 42.5 Å². The lowest BCUT2D eigenvalue weighted by molar-refractivity contribution is -0.133. The minimum absolute atomic E-state index is 0.0576. The van der Waals surface area contributed by atoms with Crippen LogP contribution in [0.3, 0.4) is 0 Å². The third kappa shape index (κ3) is 3.95. The normalized spacial score (nSPS) is 20.3. The lowest BCUT2D eigenvalue weighted by Gasteiger charge is -2.30. The van der Waals surface area contributed by atoms with Crippen molar-refractivity contribution in [2.75, 3.05) is 23.4 Å². The van der Waals surface area contributed by atoms with Gasteiger partial charge in [-0.05, 0) is 43.2 Å². The molecule has 1 N–H and O–H groups in total. The Labute approximate surface area is 148 Å². The molecule has 1 aliphatic heterocycles. The summed E-state index contributed by atoms with van der Waals surface area (Å²) in [5.74, 6) is 0.196. The van der Waals surface area contributed by atoms with E-state index in [1.54, 1.807) is 4.90 Å². The Morgan fingerprint density at radius 1 is 1.24 bits per heavy atom. The van der Waals surface area contributed by atoms with Crippen molar-refractivity contribution in [2.45, 2.75) is 32.4 Å². The van der Waals surface area contributed by atoms with Gasteiger partial charge >= 0.3 is 0 Å². The lowest BCUT2D eigenvalue weighted by Crippen LogP contribution is -2.47. The van der Waals surface area contributed by atoms with Gasteiger partial charge in [-0.2, -0.15) is 0 Å². The fraction of sp³-hybridized carbons (Fsp3) is 0.421. The van der Waals surface area contributed by atoms with E-state index in [4.69, 9.17) is 0 Å². The predicted molar refractivity (Wildman–Crippen MR) is 101 cm³/mol. The van der Waals surface area contributed by atoms with E-state index in [9.17, 15) is 13.2 Å². The van der Waals surface area contributed by atoms with E-state index in [1.807, 2.05) is 56.3 Å². The molecule has 0 bridgehead atoms. The number of amides is 1. The van der Waals surface area contributed by atoms with Gasteiger partial charge in [0, 0.05) is 18.3 Å². The Bertz CT molecular complexity index is 879. The van der Waals surface area contributed by atoms with E-state index in [1.165, 1.54) is 0 Å². The SMILES string of the molecule is CCN(C(=O)[C@@H](C)Nc1ccc2ccccc2c1)[C@@H]1CCS(=O)(=O)C1. The van der Waals surface area contributed by atoms with Crippen molar-refractivity contribution in [1.82, 2.24) is 4.90 Å². The summed E-state index contributed by atoms with van der Waals surface area (Å²) in [4.78, 5) is 14.5. The molecule has 0 unspecified atom stereocenters. The molecule has 1 amide bonds. The summed E-state index contributed by atoms with van der Waals surface area (Å²) >= 11 is 0. The number of sulfone groups is 1. The molecular weight excluding hydrogens is 336 g/mol. The van der Waals surface area contributed by atoms with Gasteiger partial charge in [0.2, 0.25) is 5.91 Å². The second kappa shape index (κ2) is 7.04. The average Bonchev–Trinajstić information content (AvgIpc) is 2.95. The number of carbonyl (C=O) groups excluding carboxylic acids is 1. The third-order valence-corrected chi connectivity index (χ3v) is 6.53. The molecule has 0 radical (unpaired) electrons. The molecule has 3 rings (SSSR count). The molecule has 0 aliphatic carbocycles. The standard InChI is InChI=1S/C19H24N2O3S/c1-3-21(18-10-11-25(23,24)13-18)19(22)14(2)20-17-9-8-15-6-4-5-7-16(15)12-17/h4-9,12,14,18,20H,3,10-11,13H2,1-2H3/t14-,18-/m1/s1. The second-order valence-corrected chi connectivity index (χ2v) is 8.84. The Morgan fingerprint density at radius 3 is 2.60 bits per heavy atom. The average molecular weight is 360 g/mol. The maximum atomic E-state index is 12.8. The topological polar surface area (TPSA) is 66.5 Å². The van der Waals surface area contributed by atoms with Crippen LogP contribution in [-0.2, 0) is 14.6 Å². The van der Waals surface area contributed by atoms with Crippen molar-refractivity contribution in [2.24, 2.45) is 0 Å². The zero-order chi connectivity index (χ0) is 18.0. The molecule has 25 heavy (non-hydrogen) atoms. The number of nitrogens with one attached hydrogen (secondary N) is 1. The zero-order valence-electron chi connectivity index (χ0n) is 14.6. The van der Waals surface area contributed by atoms with Gasteiger partial charge in [-0.1, -0.05) is 30.3 Å². The summed E-state index contributed by atoms with van der Waals surface area (Å²) in [6.07, 6.45) is 0.532. The highest BCUT2D eigenvalue weighted by molar-refractivity contribution is 7.91. The van der Waals surface area contributed by atoms with Gasteiger partial charge in [-0.25, -0.2) is 8.42 Å². The zero-order valence-corrected chi connectivity index (χ0v) is 15.4. The first-order valence-corrected chi connectivity index (χ1v) is 10.5. The van der Waals surface area contributed by atoms with Crippen LogP contribution >= 0.6 is 0 Å². The molecule has 134 valence electrons. The van der Waals surface area contributed by atoms with E-state index in [2.05, 4.69) is 5.32 Å². The Kier molecular flexibility index (Phi) is 4.99. The van der Waals surface area contributed by atoms with Gasteiger partial charge in [-0.3, -0.25) is 4.79 Å². The summed E-state index contributed by atoms with van der Waals surface area (Å²) in [5.41, 5.74) is 0.884. The number of benzene rings is 2. The number of fused-ring (bicyclic) bond motifs is 1. The van der Waals surface area contributed by atoms with Crippen LogP contribution in [0.5, 0.6) is 0 Å². The second-order valence-electron chi connectivity index (χ2n) is 6.61. The van der Waals surface area contributed by atoms with Crippen LogP contribution in [0, 0.1) is 0 Å². The minimum atomic E-state index is -3.01. The number of anilines is 1. The Hall–Kier alpha value is -2.08. The van der Waals surface area contributed by atoms with Crippen molar-refractivity contribution < 1.29 is 13.2 Å². The van der Waals surface area contributed by atoms with Gasteiger partial charge in [0.25, 0.3) is 0 Å². The molecule has 1 fully saturated rings. The molecule has 1 saturated heterocycles.